The fourth-order valence-electron chi connectivity index (χ4n) is 4.41. The number of nitrogens with zero attached hydrogens (tertiary/aromatic N) is 2. The van der Waals surface area contributed by atoms with E-state index in [1.807, 2.05) is 54.6 Å². The van der Waals surface area contributed by atoms with Gasteiger partial charge in [0, 0.05) is 18.0 Å². The smallest absolute Gasteiger partial charge is 0.310 e. The predicted molar refractivity (Wildman–Crippen MR) is 138 cm³/mol. The third-order valence-corrected chi connectivity index (χ3v) is 6.29. The van der Waals surface area contributed by atoms with Crippen molar-refractivity contribution in [2.24, 2.45) is 0 Å². The molecule has 1 aromatic heterocycles. The molecule has 0 fully saturated rings. The van der Waals surface area contributed by atoms with E-state index in [1.54, 1.807) is 7.11 Å². The van der Waals surface area contributed by atoms with Gasteiger partial charge < -0.3 is 14.0 Å². The molecule has 3 aromatic carbocycles. The second-order valence-electron chi connectivity index (χ2n) is 8.90. The Labute approximate surface area is 206 Å². The Balaban J connectivity index is 1.56. The third-order valence-electron chi connectivity index (χ3n) is 6.29. The van der Waals surface area contributed by atoms with E-state index in [4.69, 9.17) is 9.47 Å². The molecule has 0 aliphatic rings. The van der Waals surface area contributed by atoms with E-state index in [0.29, 0.717) is 18.0 Å². The minimum atomic E-state index is -0.281. The first kappa shape index (κ1) is 24.1. The molecule has 0 N–H and O–H groups in total. The summed E-state index contributed by atoms with van der Waals surface area (Å²) in [5, 5.41) is 10.9. The molecule has 0 bridgehead atoms. The standard InChI is InChI=1S/C30H30N2O3/c1-5-32-28-17-25(34-4)13-14-26(28)27(18-31)30(32)24-8-6-7-22(15-24)16-29(33)35-19-21-9-11-23(12-10-21)20(2)3/h6-15,17,20H,5,16,19H2,1-4H3. The van der Waals surface area contributed by atoms with Crippen LogP contribution in [-0.4, -0.2) is 17.6 Å². The normalized spacial score (nSPS) is 11.0. The van der Waals surface area contributed by atoms with Gasteiger partial charge in [-0.3, -0.25) is 4.79 Å². The van der Waals surface area contributed by atoms with Gasteiger partial charge in [0.2, 0.25) is 0 Å². The van der Waals surface area contributed by atoms with Crippen LogP contribution < -0.4 is 4.74 Å². The summed E-state index contributed by atoms with van der Waals surface area (Å²) in [4.78, 5) is 12.6. The summed E-state index contributed by atoms with van der Waals surface area (Å²) in [7, 11) is 1.63. The molecule has 178 valence electrons. The maximum Gasteiger partial charge on any atom is 0.310 e. The third kappa shape index (κ3) is 5.07. The Bertz CT molecular complexity index is 1390. The lowest BCUT2D eigenvalue weighted by Gasteiger charge is -2.11. The van der Waals surface area contributed by atoms with E-state index < -0.39 is 0 Å². The molecule has 0 radical (unpaired) electrons. The first-order valence-electron chi connectivity index (χ1n) is 11.9. The van der Waals surface area contributed by atoms with Crippen LogP contribution in [0.2, 0.25) is 0 Å². The Morgan fingerprint density at radius 1 is 1.03 bits per heavy atom. The van der Waals surface area contributed by atoms with Crippen molar-refractivity contribution in [1.29, 1.82) is 5.26 Å². The van der Waals surface area contributed by atoms with E-state index in [9.17, 15) is 10.1 Å². The van der Waals surface area contributed by atoms with Crippen LogP contribution in [0.3, 0.4) is 0 Å². The molecule has 4 rings (SSSR count). The Morgan fingerprint density at radius 3 is 2.46 bits per heavy atom. The lowest BCUT2D eigenvalue weighted by Crippen LogP contribution is -2.08. The van der Waals surface area contributed by atoms with E-state index in [-0.39, 0.29) is 19.0 Å². The van der Waals surface area contributed by atoms with E-state index in [2.05, 4.69) is 43.5 Å². The fourth-order valence-corrected chi connectivity index (χ4v) is 4.41. The number of ether oxygens (including phenoxy) is 2. The van der Waals surface area contributed by atoms with Crippen LogP contribution in [-0.2, 0) is 29.1 Å². The topological polar surface area (TPSA) is 64.2 Å². The first-order valence-corrected chi connectivity index (χ1v) is 11.9. The molecule has 0 atom stereocenters. The highest BCUT2D eigenvalue weighted by atomic mass is 16.5. The number of aryl methyl sites for hydroxylation is 1. The molecule has 5 heteroatoms. The molecule has 0 unspecified atom stereocenters. The lowest BCUT2D eigenvalue weighted by molar-refractivity contribution is -0.144. The van der Waals surface area contributed by atoms with Gasteiger partial charge in [-0.2, -0.15) is 5.26 Å². The van der Waals surface area contributed by atoms with Gasteiger partial charge in [0.25, 0.3) is 0 Å². The van der Waals surface area contributed by atoms with Crippen molar-refractivity contribution in [3.63, 3.8) is 0 Å². The highest BCUT2D eigenvalue weighted by Crippen LogP contribution is 2.35. The minimum absolute atomic E-state index is 0.167. The molecular formula is C30H30N2O3. The maximum absolute atomic E-state index is 12.6. The number of fused-ring (bicyclic) bond motifs is 1. The van der Waals surface area contributed by atoms with Crippen molar-refractivity contribution >= 4 is 16.9 Å². The van der Waals surface area contributed by atoms with Crippen LogP contribution in [0.15, 0.2) is 66.7 Å². The highest BCUT2D eigenvalue weighted by molar-refractivity contribution is 5.95. The summed E-state index contributed by atoms with van der Waals surface area (Å²) in [6, 6.07) is 24.1. The number of hydrogen-bond donors (Lipinski definition) is 0. The molecule has 0 saturated carbocycles. The van der Waals surface area contributed by atoms with Gasteiger partial charge >= 0.3 is 5.97 Å². The monoisotopic (exact) mass is 466 g/mol. The number of hydrogen-bond acceptors (Lipinski definition) is 4. The van der Waals surface area contributed by atoms with Gasteiger partial charge in [0.1, 0.15) is 18.4 Å². The second kappa shape index (κ2) is 10.5. The Kier molecular flexibility index (Phi) is 7.22. The molecule has 0 spiro atoms. The van der Waals surface area contributed by atoms with E-state index >= 15 is 0 Å². The van der Waals surface area contributed by atoms with Crippen LogP contribution in [0.1, 0.15) is 48.9 Å². The molecule has 0 saturated heterocycles. The molecule has 35 heavy (non-hydrogen) atoms. The summed E-state index contributed by atoms with van der Waals surface area (Å²) in [6.45, 7) is 7.31. The summed E-state index contributed by atoms with van der Waals surface area (Å²) >= 11 is 0. The Hall–Kier alpha value is -4.04. The van der Waals surface area contributed by atoms with Crippen molar-refractivity contribution < 1.29 is 14.3 Å². The van der Waals surface area contributed by atoms with Gasteiger partial charge in [-0.15, -0.1) is 0 Å². The molecule has 0 amide bonds. The summed E-state index contributed by atoms with van der Waals surface area (Å²) in [5.41, 5.74) is 6.39. The van der Waals surface area contributed by atoms with E-state index in [1.165, 1.54) is 5.56 Å². The predicted octanol–water partition coefficient (Wildman–Crippen LogP) is 6.62. The van der Waals surface area contributed by atoms with Gasteiger partial charge in [-0.1, -0.05) is 56.3 Å². The first-order chi connectivity index (χ1) is 16.9. The number of esters is 1. The van der Waals surface area contributed by atoms with Crippen LogP contribution in [0, 0.1) is 11.3 Å². The number of rotatable bonds is 8. The van der Waals surface area contributed by atoms with Gasteiger partial charge in [0.15, 0.2) is 0 Å². The molecule has 1 heterocycles. The average Bonchev–Trinajstić information content (AvgIpc) is 3.20. The number of methoxy groups -OCH3 is 1. The van der Waals surface area contributed by atoms with Crippen molar-refractivity contribution in [1.82, 2.24) is 4.57 Å². The average molecular weight is 467 g/mol. The minimum Gasteiger partial charge on any atom is -0.497 e. The van der Waals surface area contributed by atoms with Crippen molar-refractivity contribution in [2.75, 3.05) is 7.11 Å². The zero-order valence-corrected chi connectivity index (χ0v) is 20.7. The molecular weight excluding hydrogens is 436 g/mol. The number of nitriles is 1. The maximum atomic E-state index is 12.6. The van der Waals surface area contributed by atoms with Gasteiger partial charge in [0.05, 0.1) is 30.3 Å². The van der Waals surface area contributed by atoms with Crippen LogP contribution >= 0.6 is 0 Å². The zero-order valence-electron chi connectivity index (χ0n) is 20.7. The Morgan fingerprint density at radius 2 is 1.80 bits per heavy atom. The fraction of sp³-hybridized carbons (Fsp3) is 0.267. The van der Waals surface area contributed by atoms with Crippen molar-refractivity contribution in [3.05, 3.63) is 89.0 Å². The molecule has 5 nitrogen and oxygen atoms in total. The van der Waals surface area contributed by atoms with Crippen molar-refractivity contribution in [2.45, 2.75) is 46.3 Å². The molecule has 0 aliphatic carbocycles. The van der Waals surface area contributed by atoms with Gasteiger partial charge in [-0.05, 0) is 53.3 Å². The number of carbonyl (C=O) groups is 1. The number of carbonyl (C=O) groups excluding carboxylic acids is 1. The summed E-state index contributed by atoms with van der Waals surface area (Å²) < 4.78 is 13.0. The molecule has 4 aromatic rings. The lowest BCUT2D eigenvalue weighted by atomic mass is 10.0. The molecule has 0 aliphatic heterocycles. The van der Waals surface area contributed by atoms with E-state index in [0.717, 1.165) is 39.0 Å². The van der Waals surface area contributed by atoms with Crippen molar-refractivity contribution in [3.8, 4) is 23.1 Å². The summed E-state index contributed by atoms with van der Waals surface area (Å²) in [6.07, 6.45) is 0.167. The van der Waals surface area contributed by atoms with Crippen LogP contribution in [0.5, 0.6) is 5.75 Å². The zero-order chi connectivity index (χ0) is 24.9. The van der Waals surface area contributed by atoms with Crippen LogP contribution in [0.25, 0.3) is 22.2 Å². The number of benzene rings is 3. The quantitative estimate of drug-likeness (QED) is 0.274. The highest BCUT2D eigenvalue weighted by Gasteiger charge is 2.19. The summed E-state index contributed by atoms with van der Waals surface area (Å²) in [5.74, 6) is 0.932. The van der Waals surface area contributed by atoms with Gasteiger partial charge in [-0.25, -0.2) is 0 Å². The van der Waals surface area contributed by atoms with Crippen LogP contribution in [0.4, 0.5) is 0 Å². The SMILES string of the molecule is CCn1c(-c2cccc(CC(=O)OCc3ccc(C(C)C)cc3)c2)c(C#N)c2ccc(OC)cc21. The number of aromatic nitrogens is 1. The second-order valence-corrected chi connectivity index (χ2v) is 8.90. The largest absolute Gasteiger partial charge is 0.497 e.